The second kappa shape index (κ2) is 6.22. The van der Waals surface area contributed by atoms with E-state index in [0.717, 1.165) is 6.07 Å². The minimum atomic E-state index is -4.50. The Hall–Kier alpha value is -1.29. The fourth-order valence-electron chi connectivity index (χ4n) is 1.66. The van der Waals surface area contributed by atoms with Gasteiger partial charge in [0.15, 0.2) is 0 Å². The van der Waals surface area contributed by atoms with Gasteiger partial charge in [-0.05, 0) is 29.1 Å². The van der Waals surface area contributed by atoms with E-state index in [1.165, 1.54) is 23.5 Å². The Bertz CT molecular complexity index is 730. The highest BCUT2D eigenvalue weighted by Crippen LogP contribution is 2.38. The highest BCUT2D eigenvalue weighted by atomic mass is 79.9. The molecule has 0 atom stereocenters. The molecule has 0 bridgehead atoms. The van der Waals surface area contributed by atoms with Crippen LogP contribution in [0.4, 0.5) is 13.2 Å². The zero-order valence-corrected chi connectivity index (χ0v) is 13.4. The Morgan fingerprint density at radius 2 is 2.00 bits per heavy atom. The van der Waals surface area contributed by atoms with E-state index in [1.807, 2.05) is 6.07 Å². The third-order valence-electron chi connectivity index (χ3n) is 2.62. The average molecular weight is 393 g/mol. The van der Waals surface area contributed by atoms with Crippen molar-refractivity contribution in [3.8, 4) is 6.07 Å². The van der Waals surface area contributed by atoms with Crippen LogP contribution in [0.5, 0.6) is 0 Å². The van der Waals surface area contributed by atoms with Crippen molar-refractivity contribution in [2.24, 2.45) is 0 Å². The van der Waals surface area contributed by atoms with Crippen molar-refractivity contribution >= 4 is 49.5 Å². The van der Waals surface area contributed by atoms with Gasteiger partial charge in [-0.1, -0.05) is 39.7 Å². The van der Waals surface area contributed by atoms with Gasteiger partial charge in [-0.2, -0.15) is 18.4 Å². The summed E-state index contributed by atoms with van der Waals surface area (Å²) in [5.74, 6) is 0. The van der Waals surface area contributed by atoms with Gasteiger partial charge in [0.05, 0.1) is 16.2 Å². The van der Waals surface area contributed by atoms with Gasteiger partial charge in [-0.3, -0.25) is 0 Å². The molecule has 1 nitrogen and oxygen atoms in total. The van der Waals surface area contributed by atoms with Gasteiger partial charge in [0.1, 0.15) is 6.07 Å². The lowest BCUT2D eigenvalue weighted by Gasteiger charge is -2.11. The number of thiophene rings is 1. The van der Waals surface area contributed by atoms with Gasteiger partial charge < -0.3 is 0 Å². The molecular formula is C14H6BrClF3NS. The van der Waals surface area contributed by atoms with E-state index >= 15 is 0 Å². The van der Waals surface area contributed by atoms with Crippen molar-refractivity contribution in [2.75, 3.05) is 0 Å². The summed E-state index contributed by atoms with van der Waals surface area (Å²) >= 11 is 10.3. The maximum Gasteiger partial charge on any atom is 0.417 e. The molecule has 0 saturated carbocycles. The highest BCUT2D eigenvalue weighted by molar-refractivity contribution is 9.10. The summed E-state index contributed by atoms with van der Waals surface area (Å²) in [6.45, 7) is 0. The van der Waals surface area contributed by atoms with Crippen LogP contribution in [0, 0.1) is 11.3 Å². The molecule has 0 saturated heterocycles. The van der Waals surface area contributed by atoms with Gasteiger partial charge in [-0.15, -0.1) is 11.3 Å². The Morgan fingerprint density at radius 3 is 2.52 bits per heavy atom. The van der Waals surface area contributed by atoms with Crippen LogP contribution in [0.25, 0.3) is 10.6 Å². The van der Waals surface area contributed by atoms with Crippen LogP contribution >= 0.6 is 38.9 Å². The summed E-state index contributed by atoms with van der Waals surface area (Å²) in [7, 11) is 0. The lowest BCUT2D eigenvalue weighted by atomic mass is 10.1. The van der Waals surface area contributed by atoms with E-state index in [-0.39, 0.29) is 20.6 Å². The number of alkyl halides is 3. The van der Waals surface area contributed by atoms with Crippen LogP contribution in [0.2, 0.25) is 0 Å². The third kappa shape index (κ3) is 3.49. The Labute approximate surface area is 136 Å². The molecule has 0 fully saturated rings. The number of hydrogen-bond donors (Lipinski definition) is 0. The van der Waals surface area contributed by atoms with E-state index in [9.17, 15) is 18.4 Å². The smallest absolute Gasteiger partial charge is 0.192 e. The largest absolute Gasteiger partial charge is 0.417 e. The van der Waals surface area contributed by atoms with Gasteiger partial charge in [-0.25, -0.2) is 0 Å². The van der Waals surface area contributed by atoms with Crippen LogP contribution in [0.1, 0.15) is 16.0 Å². The molecule has 2 rings (SSSR count). The van der Waals surface area contributed by atoms with E-state index < -0.39 is 11.7 Å². The standard InChI is InChI=1S/C14H6BrClF3NS/c15-11-4-3-8(6-10(11)14(17,18)19)13(16)9(7-20)12-2-1-5-21-12/h1-6H/b13-9+. The molecule has 1 heterocycles. The van der Waals surface area contributed by atoms with Crippen LogP contribution < -0.4 is 0 Å². The quantitative estimate of drug-likeness (QED) is 0.561. The predicted octanol–water partition coefficient (Wildman–Crippen LogP) is 6.16. The maximum atomic E-state index is 12.9. The number of nitrogens with zero attached hydrogens (tertiary/aromatic N) is 1. The van der Waals surface area contributed by atoms with Crippen LogP contribution in [-0.4, -0.2) is 0 Å². The minimum Gasteiger partial charge on any atom is -0.192 e. The molecule has 0 amide bonds. The molecule has 1 aromatic carbocycles. The van der Waals surface area contributed by atoms with E-state index in [1.54, 1.807) is 17.5 Å². The summed E-state index contributed by atoms with van der Waals surface area (Å²) in [5.41, 5.74) is -0.527. The average Bonchev–Trinajstić information content (AvgIpc) is 2.92. The van der Waals surface area contributed by atoms with E-state index in [4.69, 9.17) is 11.6 Å². The molecule has 7 heteroatoms. The molecule has 0 aliphatic heterocycles. The lowest BCUT2D eigenvalue weighted by molar-refractivity contribution is -0.138. The second-order valence-corrected chi connectivity index (χ2v) is 6.15. The summed E-state index contributed by atoms with van der Waals surface area (Å²) in [6, 6.07) is 9.00. The SMILES string of the molecule is N#C/C(=C(\Cl)c1ccc(Br)c(C(F)(F)F)c1)c1cccs1. The predicted molar refractivity (Wildman–Crippen MR) is 81.7 cm³/mol. The monoisotopic (exact) mass is 391 g/mol. The first-order valence-electron chi connectivity index (χ1n) is 5.55. The summed E-state index contributed by atoms with van der Waals surface area (Å²) < 4.78 is 38.6. The lowest BCUT2D eigenvalue weighted by Crippen LogP contribution is -2.06. The summed E-state index contributed by atoms with van der Waals surface area (Å²) in [5, 5.41) is 11.0. The summed E-state index contributed by atoms with van der Waals surface area (Å²) in [4.78, 5) is 0.610. The van der Waals surface area contributed by atoms with Gasteiger partial charge in [0.2, 0.25) is 0 Å². The minimum absolute atomic E-state index is 0.00190. The molecule has 0 aliphatic rings. The van der Waals surface area contributed by atoms with E-state index in [2.05, 4.69) is 15.9 Å². The molecule has 1 aromatic heterocycles. The molecule has 0 radical (unpaired) electrons. The normalized spacial score (nSPS) is 12.8. The number of nitriles is 1. The molecule has 108 valence electrons. The molecule has 0 spiro atoms. The fourth-order valence-corrected chi connectivity index (χ4v) is 3.17. The van der Waals surface area contributed by atoms with Crippen molar-refractivity contribution in [3.63, 3.8) is 0 Å². The van der Waals surface area contributed by atoms with Crippen molar-refractivity contribution in [1.82, 2.24) is 0 Å². The van der Waals surface area contributed by atoms with Crippen LogP contribution in [0.3, 0.4) is 0 Å². The number of allylic oxidation sites excluding steroid dienone is 1. The second-order valence-electron chi connectivity index (χ2n) is 3.97. The highest BCUT2D eigenvalue weighted by Gasteiger charge is 2.33. The number of hydrogen-bond acceptors (Lipinski definition) is 2. The summed E-state index contributed by atoms with van der Waals surface area (Å²) in [6.07, 6.45) is -4.50. The first-order valence-corrected chi connectivity index (χ1v) is 7.60. The van der Waals surface area contributed by atoms with Crippen molar-refractivity contribution in [2.45, 2.75) is 6.18 Å². The molecule has 0 aliphatic carbocycles. The first-order chi connectivity index (χ1) is 9.84. The molecule has 0 N–H and O–H groups in total. The topological polar surface area (TPSA) is 23.8 Å². The van der Waals surface area contributed by atoms with Crippen molar-refractivity contribution in [3.05, 3.63) is 56.2 Å². The molecular weight excluding hydrogens is 387 g/mol. The Balaban J connectivity index is 2.59. The number of halogens is 5. The van der Waals surface area contributed by atoms with Crippen molar-refractivity contribution in [1.29, 1.82) is 5.26 Å². The third-order valence-corrected chi connectivity index (χ3v) is 4.61. The van der Waals surface area contributed by atoms with Crippen LogP contribution in [-0.2, 0) is 6.18 Å². The Morgan fingerprint density at radius 1 is 1.29 bits per heavy atom. The molecule has 0 unspecified atom stereocenters. The number of benzene rings is 1. The Kier molecular flexibility index (Phi) is 4.77. The molecule has 2 aromatic rings. The van der Waals surface area contributed by atoms with Gasteiger partial charge in [0, 0.05) is 9.35 Å². The number of rotatable bonds is 2. The zero-order chi connectivity index (χ0) is 15.6. The first kappa shape index (κ1) is 16.1. The van der Waals surface area contributed by atoms with Crippen LogP contribution in [0.15, 0.2) is 40.2 Å². The molecule has 21 heavy (non-hydrogen) atoms. The van der Waals surface area contributed by atoms with Crippen molar-refractivity contribution < 1.29 is 13.2 Å². The maximum absolute atomic E-state index is 12.9. The van der Waals surface area contributed by atoms with Gasteiger partial charge >= 0.3 is 6.18 Å². The van der Waals surface area contributed by atoms with E-state index in [0.29, 0.717) is 4.88 Å². The zero-order valence-electron chi connectivity index (χ0n) is 10.2. The van der Waals surface area contributed by atoms with Gasteiger partial charge in [0.25, 0.3) is 0 Å². The fraction of sp³-hybridized carbons (Fsp3) is 0.0714.